The predicted octanol–water partition coefficient (Wildman–Crippen LogP) is 6.01. The quantitative estimate of drug-likeness (QED) is 0.245. The smallest absolute Gasteiger partial charge is 0.0547 e. The minimum Gasteiger partial charge on any atom is -0.399 e. The summed E-state index contributed by atoms with van der Waals surface area (Å²) in [6, 6.07) is 33.7. The summed E-state index contributed by atoms with van der Waals surface area (Å²) in [5, 5.41) is 2.52. The summed E-state index contributed by atoms with van der Waals surface area (Å²) in [6.07, 6.45) is 0. The van der Waals surface area contributed by atoms with Gasteiger partial charge in [-0.3, -0.25) is 0 Å². The first-order chi connectivity index (χ1) is 17.2. The van der Waals surface area contributed by atoms with Gasteiger partial charge in [-0.1, -0.05) is 60.7 Å². The van der Waals surface area contributed by atoms with Crippen molar-refractivity contribution in [3.63, 3.8) is 0 Å². The van der Waals surface area contributed by atoms with Crippen LogP contribution in [0.5, 0.6) is 0 Å². The van der Waals surface area contributed by atoms with Crippen LogP contribution in [0, 0.1) is 0 Å². The van der Waals surface area contributed by atoms with Gasteiger partial charge in [0.1, 0.15) is 0 Å². The van der Waals surface area contributed by atoms with Gasteiger partial charge in [0.25, 0.3) is 0 Å². The Balaban J connectivity index is 0.000000277. The van der Waals surface area contributed by atoms with E-state index in [1.165, 1.54) is 50.8 Å². The van der Waals surface area contributed by atoms with Crippen LogP contribution in [0.15, 0.2) is 97.1 Å². The number of hydrogen-bond acceptors (Lipinski definition) is 3. The lowest BCUT2D eigenvalue weighted by Crippen LogP contribution is -1.93. The summed E-state index contributed by atoms with van der Waals surface area (Å²) in [7, 11) is 10.9. The van der Waals surface area contributed by atoms with E-state index in [2.05, 4.69) is 106 Å². The standard InChI is InChI=1S/C24H18N2.S9/c25-18-9-6-8-17(16-18)20-13-7-15-23-24(20)21-12-4-5-14-22(21)26(23)19-10-2-1-3-11-19;1-3-5-7-9-8-6-4-2/h1-16H,25H2;. The Kier molecular flexibility index (Phi) is 10.4. The van der Waals surface area contributed by atoms with Gasteiger partial charge in [0.05, 0.1) is 11.0 Å². The molecule has 0 saturated heterocycles. The number of rotatable bonds is 2. The molecule has 0 radical (unpaired) electrons. The van der Waals surface area contributed by atoms with E-state index >= 15 is 0 Å². The minimum atomic E-state index is 0.784. The molecule has 0 bridgehead atoms. The molecule has 0 saturated carbocycles. The predicted molar refractivity (Wildman–Crippen MR) is 177 cm³/mol. The summed E-state index contributed by atoms with van der Waals surface area (Å²) in [6.45, 7) is 0. The average molecular weight is 623 g/mol. The minimum absolute atomic E-state index is 0.784. The summed E-state index contributed by atoms with van der Waals surface area (Å²) in [5.74, 6) is 0. The SMILES string of the molecule is Nc1cccc(-c2cccc3c2c2ccccc2n3-c2ccccc2)c1.S=S=S=S=S=S=S=S=S. The number of nitrogens with zero attached hydrogens (tertiary/aromatic N) is 1. The topological polar surface area (TPSA) is 30.9 Å². The van der Waals surface area contributed by atoms with E-state index in [0.717, 1.165) is 11.3 Å². The highest BCUT2D eigenvalue weighted by molar-refractivity contribution is 8.72. The second-order valence-corrected chi connectivity index (χ2v) is 19.4. The van der Waals surface area contributed by atoms with Crippen LogP contribution in [-0.4, -0.2) is 4.57 Å². The van der Waals surface area contributed by atoms with E-state index in [1.54, 1.807) is 44.4 Å². The third kappa shape index (κ3) is 6.62. The highest BCUT2D eigenvalue weighted by Gasteiger charge is 2.15. The Morgan fingerprint density at radius 2 is 1.23 bits per heavy atom. The van der Waals surface area contributed by atoms with Crippen LogP contribution in [0.25, 0.3) is 38.6 Å². The lowest BCUT2D eigenvalue weighted by atomic mass is 9.99. The maximum Gasteiger partial charge on any atom is 0.0547 e. The van der Waals surface area contributed by atoms with Gasteiger partial charge < -0.3 is 10.3 Å². The van der Waals surface area contributed by atoms with Crippen LogP contribution in [0.4, 0.5) is 5.69 Å². The highest BCUT2D eigenvalue weighted by atomic mass is 33.4. The number of aromatic nitrogens is 1. The van der Waals surface area contributed by atoms with E-state index in [4.69, 9.17) is 5.73 Å². The number of para-hydroxylation sites is 2. The van der Waals surface area contributed by atoms with Crippen molar-refractivity contribution in [1.29, 1.82) is 0 Å². The van der Waals surface area contributed by atoms with Crippen LogP contribution in [0.2, 0.25) is 0 Å². The first-order valence-corrected chi connectivity index (χ1v) is 20.8. The molecule has 11 heteroatoms. The zero-order chi connectivity index (χ0) is 24.5. The summed E-state index contributed by atoms with van der Waals surface area (Å²) in [5.41, 5.74) is 12.8. The highest BCUT2D eigenvalue weighted by Crippen LogP contribution is 2.38. The van der Waals surface area contributed by atoms with Gasteiger partial charge in [-0.2, -0.15) is 0 Å². The molecule has 0 amide bonds. The molecule has 0 atom stereocenters. The molecular weight excluding hydrogens is 605 g/mol. The third-order valence-electron chi connectivity index (χ3n) is 5.08. The molecular formula is C24H18N2S9. The van der Waals surface area contributed by atoms with Crippen LogP contribution >= 0.6 is 0 Å². The van der Waals surface area contributed by atoms with E-state index in [0.29, 0.717) is 0 Å². The maximum atomic E-state index is 6.04. The van der Waals surface area contributed by atoms with Gasteiger partial charge in [0.2, 0.25) is 0 Å². The fraction of sp³-hybridized carbons (Fsp3) is 0. The lowest BCUT2D eigenvalue weighted by Gasteiger charge is -2.09. The molecule has 2 N–H and O–H groups in total. The number of nitrogen functional groups attached to an aromatic ring is 1. The number of anilines is 1. The van der Waals surface area contributed by atoms with Crippen LogP contribution < -0.4 is 5.73 Å². The summed E-state index contributed by atoms with van der Waals surface area (Å²) >= 11 is 9.27. The molecule has 0 spiro atoms. The molecule has 35 heavy (non-hydrogen) atoms. The van der Waals surface area contributed by atoms with Gasteiger partial charge in [0, 0.05) is 107 Å². The molecule has 5 rings (SSSR count). The molecule has 0 aliphatic carbocycles. The van der Waals surface area contributed by atoms with Crippen molar-refractivity contribution in [1.82, 2.24) is 4.57 Å². The van der Waals surface area contributed by atoms with Crippen molar-refractivity contribution in [2.75, 3.05) is 5.73 Å². The van der Waals surface area contributed by atoms with Crippen LogP contribution in [0.1, 0.15) is 0 Å². The maximum absolute atomic E-state index is 6.04. The normalized spacial score (nSPS) is 10.1. The molecule has 2 nitrogen and oxygen atoms in total. The number of benzene rings is 4. The summed E-state index contributed by atoms with van der Waals surface area (Å²) < 4.78 is 2.33. The number of nitrogens with two attached hydrogens (primary N) is 1. The zero-order valence-electron chi connectivity index (χ0n) is 17.9. The fourth-order valence-corrected chi connectivity index (χ4v) is 17.6. The van der Waals surface area contributed by atoms with Gasteiger partial charge in [-0.05, 0) is 47.5 Å². The molecule has 0 fully saturated rings. The van der Waals surface area contributed by atoms with E-state index in [-0.39, 0.29) is 0 Å². The molecule has 0 unspecified atom stereocenters. The lowest BCUT2D eigenvalue weighted by molar-refractivity contribution is 1.18. The monoisotopic (exact) mass is 622 g/mol. The molecule has 178 valence electrons. The van der Waals surface area contributed by atoms with E-state index in [1.807, 2.05) is 18.2 Å². The molecule has 5 aromatic rings. The second-order valence-electron chi connectivity index (χ2n) is 6.99. The Morgan fingerprint density at radius 1 is 0.600 bits per heavy atom. The molecule has 0 aliphatic heterocycles. The largest absolute Gasteiger partial charge is 0.399 e. The number of fused-ring (bicyclic) bond motifs is 3. The Bertz CT molecular complexity index is 1770. The van der Waals surface area contributed by atoms with Gasteiger partial charge in [-0.15, -0.1) is 0 Å². The average Bonchev–Trinajstić information content (AvgIpc) is 3.24. The third-order valence-corrected chi connectivity index (χ3v) is 18.4. The van der Waals surface area contributed by atoms with Gasteiger partial charge in [-0.25, -0.2) is 0 Å². The van der Waals surface area contributed by atoms with Crippen molar-refractivity contribution >= 4 is 112 Å². The van der Waals surface area contributed by atoms with Crippen LogP contribution in [0.3, 0.4) is 0 Å². The Morgan fingerprint density at radius 3 is 1.94 bits per heavy atom. The number of hydrogen-bond donors (Lipinski definition) is 1. The van der Waals surface area contributed by atoms with Crippen molar-refractivity contribution in [2.24, 2.45) is 0 Å². The fourth-order valence-electron chi connectivity index (χ4n) is 3.88. The summed E-state index contributed by atoms with van der Waals surface area (Å²) in [4.78, 5) is 0. The van der Waals surface area contributed by atoms with Crippen molar-refractivity contribution in [3.8, 4) is 16.8 Å². The van der Waals surface area contributed by atoms with Crippen LogP contribution in [-0.2, 0) is 84.5 Å². The molecule has 0 aliphatic rings. The molecule has 1 heterocycles. The van der Waals surface area contributed by atoms with Gasteiger partial charge >= 0.3 is 0 Å². The first-order valence-electron chi connectivity index (χ1n) is 10.1. The molecule has 4 aromatic carbocycles. The van der Waals surface area contributed by atoms with E-state index in [9.17, 15) is 0 Å². The Hall–Kier alpha value is -1.54. The van der Waals surface area contributed by atoms with E-state index < -0.39 is 0 Å². The van der Waals surface area contributed by atoms with Crippen molar-refractivity contribution in [2.45, 2.75) is 0 Å². The zero-order valence-corrected chi connectivity index (χ0v) is 25.3. The second kappa shape index (κ2) is 13.7. The van der Waals surface area contributed by atoms with Crippen molar-refractivity contribution < 1.29 is 0 Å². The first kappa shape index (κ1) is 26.5. The van der Waals surface area contributed by atoms with Gasteiger partial charge in [0.15, 0.2) is 0 Å². The Labute approximate surface area is 233 Å². The molecule has 1 aromatic heterocycles. The van der Waals surface area contributed by atoms with Crippen molar-refractivity contribution in [3.05, 3.63) is 97.1 Å².